The molecule has 8 rings (SSSR count). The lowest BCUT2D eigenvalue weighted by Gasteiger charge is -2.42. The number of aliphatic imine (C=N–C) groups is 2. The number of alkyl halides is 1. The number of alkyl carbamates (subject to hydrolysis) is 2. The minimum absolute atomic E-state index is 0. The molecular formula is C44H60I2N10O4S2. The van der Waals surface area contributed by atoms with Crippen LogP contribution in [-0.4, -0.2) is 133 Å². The molecule has 62 heavy (non-hydrogen) atoms. The number of anilines is 4. The molecule has 18 heteroatoms. The van der Waals surface area contributed by atoms with Crippen molar-refractivity contribution in [3.8, 4) is 0 Å². The smallest absolute Gasteiger partial charge is 0.411 e. The van der Waals surface area contributed by atoms with Gasteiger partial charge in [-0.1, -0.05) is 24.3 Å². The zero-order valence-corrected chi connectivity index (χ0v) is 42.8. The average molecular weight is 1110 g/mol. The van der Waals surface area contributed by atoms with E-state index in [1.165, 1.54) is 20.3 Å². The Hall–Kier alpha value is -3.70. The van der Waals surface area contributed by atoms with Crippen molar-refractivity contribution >= 4 is 102 Å². The predicted octanol–water partition coefficient (Wildman–Crippen LogP) is 6.00. The minimum Gasteiger partial charge on any atom is -1.00 e. The maximum atomic E-state index is 11.9. The number of quaternary nitrogens is 1. The Labute approximate surface area is 405 Å². The minimum atomic E-state index is -0.348. The summed E-state index contributed by atoms with van der Waals surface area (Å²) in [7, 11) is 4.33. The van der Waals surface area contributed by atoms with Gasteiger partial charge in [0, 0.05) is 48.0 Å². The van der Waals surface area contributed by atoms with Crippen LogP contribution in [0, 0.1) is 13.8 Å². The summed E-state index contributed by atoms with van der Waals surface area (Å²) in [4.78, 5) is 42.2. The molecule has 0 atom stereocenters. The highest BCUT2D eigenvalue weighted by atomic mass is 127. The molecule has 0 aliphatic carbocycles. The van der Waals surface area contributed by atoms with Crippen molar-refractivity contribution < 1.29 is 47.5 Å². The number of benzene rings is 2. The van der Waals surface area contributed by atoms with Crippen LogP contribution in [-0.2, 0) is 9.47 Å². The van der Waals surface area contributed by atoms with E-state index in [4.69, 9.17) is 14.7 Å². The van der Waals surface area contributed by atoms with E-state index >= 15 is 0 Å². The van der Waals surface area contributed by atoms with Crippen molar-refractivity contribution in [1.82, 2.24) is 25.3 Å². The van der Waals surface area contributed by atoms with Gasteiger partial charge in [-0.05, 0) is 108 Å². The van der Waals surface area contributed by atoms with Gasteiger partial charge in [-0.3, -0.25) is 4.48 Å². The Morgan fingerprint density at radius 1 is 0.742 bits per heavy atom. The number of nitrogens with zero attached hydrogens (tertiary/aromatic N) is 6. The van der Waals surface area contributed by atoms with Gasteiger partial charge in [0.05, 0.1) is 67.1 Å². The Kier molecular flexibility index (Phi) is 18.1. The Morgan fingerprint density at radius 3 is 1.63 bits per heavy atom. The SMILES string of the molecule is CC(C)NC(=O)OCI.Cc1cc2c(s1)Nc1ccccc1N=C2N1CCN(C)CC1.Cc1cc2c(s1)Nc1ccccc1N=C2N1CC[N+](C)(COC(=O)NC(C)C)CC1.[I-]. The Bertz CT molecular complexity index is 2190. The maximum absolute atomic E-state index is 11.9. The van der Waals surface area contributed by atoms with Gasteiger partial charge >= 0.3 is 12.2 Å². The van der Waals surface area contributed by atoms with Crippen molar-refractivity contribution in [2.75, 3.05) is 88.4 Å². The Morgan fingerprint density at radius 2 is 1.18 bits per heavy atom. The molecule has 0 unspecified atom stereocenters. The van der Waals surface area contributed by atoms with E-state index in [0.717, 1.165) is 97.3 Å². The van der Waals surface area contributed by atoms with Crippen LogP contribution in [0.2, 0.25) is 0 Å². The van der Waals surface area contributed by atoms with E-state index in [9.17, 15) is 9.59 Å². The molecule has 2 aromatic carbocycles. The number of para-hydroxylation sites is 4. The van der Waals surface area contributed by atoms with E-state index in [2.05, 4.69) is 117 Å². The molecular weight excluding hydrogens is 1050 g/mol. The van der Waals surface area contributed by atoms with Gasteiger partial charge in [0.15, 0.2) is 0 Å². The molecule has 14 nitrogen and oxygen atoms in total. The first-order valence-electron chi connectivity index (χ1n) is 20.8. The fourth-order valence-corrected chi connectivity index (χ4v) is 9.22. The van der Waals surface area contributed by atoms with E-state index in [1.54, 1.807) is 22.7 Å². The molecule has 0 saturated carbocycles. The molecule has 2 amide bonds. The number of nitrogens with one attached hydrogen (secondary N) is 4. The van der Waals surface area contributed by atoms with Crippen molar-refractivity contribution in [1.29, 1.82) is 0 Å². The fraction of sp³-hybridized carbons (Fsp3) is 0.455. The molecule has 336 valence electrons. The average Bonchev–Trinajstić information content (AvgIpc) is 3.67. The molecule has 2 saturated heterocycles. The number of thiophene rings is 2. The number of hydrogen-bond acceptors (Lipinski definition) is 13. The quantitative estimate of drug-likeness (QED) is 0.108. The standard InChI is InChI=1S/C22H29N5O2S.C17H20N4S.C5H10INO2.HI/c1-15(2)23-22(28)29-14-27(4)11-9-26(10-12-27)20-17-13-16(3)30-21(17)25-19-8-6-5-7-18(19)24-20;1-12-11-13-16(21-9-7-20(2)8-10-21)18-14-5-3-4-6-15(14)19-17(13)22-12;1-4(2)7-5(8)9-3-6;/h5-8,13,15H,9-12,14H2,1-4H3,(H-,23,24,25,28);3-6,11,19H,7-10H2,1-2H3;4H,3H2,1-2H3,(H,7,8);1H. The molecule has 0 radical (unpaired) electrons. The maximum Gasteiger partial charge on any atom is 0.411 e. The van der Waals surface area contributed by atoms with Crippen LogP contribution < -0.4 is 45.2 Å². The monoisotopic (exact) mass is 1110 g/mol. The fourth-order valence-electron chi connectivity index (χ4n) is 7.10. The van der Waals surface area contributed by atoms with Crippen LogP contribution in [0.1, 0.15) is 48.6 Å². The summed E-state index contributed by atoms with van der Waals surface area (Å²) in [6, 6.07) is 21.2. The van der Waals surface area contributed by atoms with E-state index in [0.29, 0.717) is 15.8 Å². The van der Waals surface area contributed by atoms with Gasteiger partial charge in [-0.15, -0.1) is 22.7 Å². The van der Waals surface area contributed by atoms with Crippen molar-refractivity contribution in [3.05, 3.63) is 81.5 Å². The largest absolute Gasteiger partial charge is 1.00 e. The zero-order valence-electron chi connectivity index (χ0n) is 36.9. The molecule has 2 aromatic heterocycles. The summed E-state index contributed by atoms with van der Waals surface area (Å²) >= 11 is 5.54. The molecule has 0 spiro atoms. The number of amides is 2. The molecule has 4 aromatic rings. The van der Waals surface area contributed by atoms with Gasteiger partial charge in [-0.25, -0.2) is 19.6 Å². The molecule has 4 N–H and O–H groups in total. The first-order valence-corrected chi connectivity index (χ1v) is 23.9. The van der Waals surface area contributed by atoms with Crippen LogP contribution in [0.15, 0.2) is 70.6 Å². The first-order chi connectivity index (χ1) is 29.2. The van der Waals surface area contributed by atoms with Crippen LogP contribution in [0.5, 0.6) is 0 Å². The third-order valence-electron chi connectivity index (χ3n) is 10.4. The second-order valence-corrected chi connectivity index (χ2v) is 19.5. The summed E-state index contributed by atoms with van der Waals surface area (Å²) in [5, 5.41) is 14.9. The van der Waals surface area contributed by atoms with E-state index in [1.807, 2.05) is 62.4 Å². The number of carbonyl (C=O) groups excluding carboxylic acids is 2. The highest BCUT2D eigenvalue weighted by Crippen LogP contribution is 2.40. The van der Waals surface area contributed by atoms with Crippen LogP contribution in [0.4, 0.5) is 42.3 Å². The number of amidine groups is 2. The van der Waals surface area contributed by atoms with Gasteiger partial charge < -0.3 is 69.4 Å². The third kappa shape index (κ3) is 13.4. The highest BCUT2D eigenvalue weighted by molar-refractivity contribution is 14.1. The van der Waals surface area contributed by atoms with Gasteiger partial charge in [0.1, 0.15) is 26.3 Å². The number of piperazine rings is 2. The van der Waals surface area contributed by atoms with Crippen molar-refractivity contribution in [2.45, 2.75) is 53.6 Å². The van der Waals surface area contributed by atoms with Gasteiger partial charge in [0.2, 0.25) is 6.73 Å². The summed E-state index contributed by atoms with van der Waals surface area (Å²) in [6.07, 6.45) is -0.694. The lowest BCUT2D eigenvalue weighted by Crippen LogP contribution is -3.00. The Balaban J connectivity index is 0.000000199. The number of rotatable bonds is 5. The van der Waals surface area contributed by atoms with Crippen molar-refractivity contribution in [3.63, 3.8) is 0 Å². The molecule has 4 aliphatic heterocycles. The molecule has 2 fully saturated rings. The summed E-state index contributed by atoms with van der Waals surface area (Å²) in [6.45, 7) is 20.0. The van der Waals surface area contributed by atoms with Crippen LogP contribution in [0.3, 0.4) is 0 Å². The predicted molar refractivity (Wildman–Crippen MR) is 260 cm³/mol. The van der Waals surface area contributed by atoms with Crippen LogP contribution >= 0.6 is 45.3 Å². The molecule has 4 aliphatic rings. The topological polar surface area (TPSA) is 135 Å². The van der Waals surface area contributed by atoms with E-state index in [-0.39, 0.29) is 48.2 Å². The molecule has 0 bridgehead atoms. The lowest BCUT2D eigenvalue weighted by molar-refractivity contribution is -0.928. The van der Waals surface area contributed by atoms with Crippen molar-refractivity contribution in [2.24, 2.45) is 9.98 Å². The highest BCUT2D eigenvalue weighted by Gasteiger charge is 2.34. The first kappa shape index (κ1) is 49.3. The number of likely N-dealkylation sites (N-methyl/N-ethyl adjacent to an activating group) is 2. The number of fused-ring (bicyclic) bond motifs is 4. The number of aryl methyl sites for hydroxylation is 2. The third-order valence-corrected chi connectivity index (χ3v) is 12.6. The number of carbonyl (C=O) groups is 2. The zero-order chi connectivity index (χ0) is 43.7. The van der Waals surface area contributed by atoms with Gasteiger partial charge in [0.25, 0.3) is 0 Å². The number of halogens is 2. The summed E-state index contributed by atoms with van der Waals surface area (Å²) in [5.41, 5.74) is 6.52. The second kappa shape index (κ2) is 22.8. The second-order valence-electron chi connectivity index (χ2n) is 16.4. The lowest BCUT2D eigenvalue weighted by atomic mass is 10.2. The molecule has 6 heterocycles. The van der Waals surface area contributed by atoms with Gasteiger partial charge in [-0.2, -0.15) is 0 Å². The normalized spacial score (nSPS) is 16.2. The van der Waals surface area contributed by atoms with E-state index < -0.39 is 0 Å². The van der Waals surface area contributed by atoms with Crippen LogP contribution in [0.25, 0.3) is 0 Å². The number of hydrogen-bond donors (Lipinski definition) is 4. The summed E-state index contributed by atoms with van der Waals surface area (Å²) < 4.78 is 11.2. The summed E-state index contributed by atoms with van der Waals surface area (Å²) in [5.74, 6) is 2.14. The number of ether oxygens (including phenoxy) is 2.